The summed E-state index contributed by atoms with van der Waals surface area (Å²) in [5.74, 6) is 2.20. The largest absolute Gasteiger partial charge is 0.388 e. The molecule has 0 heterocycles. The van der Waals surface area contributed by atoms with Crippen LogP contribution in [0.5, 0.6) is 0 Å². The van der Waals surface area contributed by atoms with Crippen molar-refractivity contribution in [3.63, 3.8) is 0 Å². The summed E-state index contributed by atoms with van der Waals surface area (Å²) in [7, 11) is 0. The number of aliphatic hydroxyl groups is 3. The van der Waals surface area contributed by atoms with E-state index in [1.165, 1.54) is 6.92 Å². The van der Waals surface area contributed by atoms with Gasteiger partial charge in [0, 0.05) is 11.1 Å². The van der Waals surface area contributed by atoms with Gasteiger partial charge < -0.3 is 15.3 Å². The number of ketones is 1. The maximum atomic E-state index is 10.8. The van der Waals surface area contributed by atoms with Gasteiger partial charge in [0.25, 0.3) is 0 Å². The molecule has 0 aliphatic rings. The second-order valence-electron chi connectivity index (χ2n) is 11.4. The van der Waals surface area contributed by atoms with Gasteiger partial charge in [-0.25, -0.2) is 0 Å². The third-order valence-electron chi connectivity index (χ3n) is 4.28. The van der Waals surface area contributed by atoms with Crippen LogP contribution in [-0.4, -0.2) is 39.4 Å². The van der Waals surface area contributed by atoms with E-state index in [9.17, 15) is 20.1 Å². The predicted octanol–water partition coefficient (Wildman–Crippen LogP) is 6.12. The Labute approximate surface area is 199 Å². The van der Waals surface area contributed by atoms with Crippen molar-refractivity contribution in [3.8, 4) is 12.3 Å². The molecule has 4 heteroatoms. The lowest BCUT2D eigenvalue weighted by molar-refractivity contribution is -0.115. The first-order valence-electron chi connectivity index (χ1n) is 10.5. The van der Waals surface area contributed by atoms with E-state index in [4.69, 9.17) is 6.42 Å². The molecule has 0 spiro atoms. The van der Waals surface area contributed by atoms with E-state index in [0.717, 1.165) is 5.57 Å². The highest BCUT2D eigenvalue weighted by molar-refractivity contribution is 5.93. The topological polar surface area (TPSA) is 77.8 Å². The maximum Gasteiger partial charge on any atom is 0.157 e. The Bertz CT molecular complexity index is 643. The average molecular weight is 453 g/mol. The van der Waals surface area contributed by atoms with Crippen LogP contribution in [0.2, 0.25) is 0 Å². The SMILES string of the molecule is C.C#CC(=C)C(O)CC(C)(C)C.C=C(C(C)=O)C(O)C(C)(C)C.C=C(C)C(O)C(C)(C)C. The van der Waals surface area contributed by atoms with Gasteiger partial charge in [-0.1, -0.05) is 101 Å². The first kappa shape index (κ1) is 37.6. The molecule has 3 atom stereocenters. The fourth-order valence-electron chi connectivity index (χ4n) is 2.25. The molecular weight excluding hydrogens is 400 g/mol. The molecule has 4 nitrogen and oxygen atoms in total. The molecule has 0 fully saturated rings. The van der Waals surface area contributed by atoms with Gasteiger partial charge in [-0.3, -0.25) is 4.79 Å². The Hall–Kier alpha value is -1.67. The van der Waals surface area contributed by atoms with Crippen LogP contribution >= 0.6 is 0 Å². The lowest BCUT2D eigenvalue weighted by Gasteiger charge is -2.26. The molecule has 0 radical (unpaired) electrons. The highest BCUT2D eigenvalue weighted by atomic mass is 16.3. The van der Waals surface area contributed by atoms with E-state index in [-0.39, 0.29) is 41.1 Å². The van der Waals surface area contributed by atoms with Gasteiger partial charge in [0.2, 0.25) is 0 Å². The molecule has 0 rings (SSSR count). The van der Waals surface area contributed by atoms with Crippen LogP contribution in [0.1, 0.15) is 90.0 Å². The third-order valence-corrected chi connectivity index (χ3v) is 4.28. The van der Waals surface area contributed by atoms with Gasteiger partial charge in [-0.2, -0.15) is 0 Å². The van der Waals surface area contributed by atoms with E-state index in [2.05, 4.69) is 46.4 Å². The number of rotatable bonds is 5. The molecule has 3 unspecified atom stereocenters. The van der Waals surface area contributed by atoms with Crippen LogP contribution in [0.4, 0.5) is 0 Å². The summed E-state index contributed by atoms with van der Waals surface area (Å²) < 4.78 is 0. The van der Waals surface area contributed by atoms with Gasteiger partial charge in [-0.15, -0.1) is 6.42 Å². The highest BCUT2D eigenvalue weighted by Crippen LogP contribution is 2.25. The van der Waals surface area contributed by atoms with Crippen molar-refractivity contribution in [3.05, 3.63) is 36.5 Å². The van der Waals surface area contributed by atoms with Crippen molar-refractivity contribution in [2.45, 2.75) is 108 Å². The van der Waals surface area contributed by atoms with Crippen molar-refractivity contribution in [1.82, 2.24) is 0 Å². The van der Waals surface area contributed by atoms with Crippen molar-refractivity contribution < 1.29 is 20.1 Å². The lowest BCUT2D eigenvalue weighted by atomic mass is 9.84. The van der Waals surface area contributed by atoms with E-state index >= 15 is 0 Å². The standard InChI is InChI=1S/C10H16O.C9H16O2.C8H16O.CH4/c1-6-8(2)9(11)7-10(3,4)5;1-6(7(2)10)8(11)9(3,4)5;1-6(2)7(9)8(3,4)5;/h1,9,11H,2,7H2,3-5H3;8,11H,1H2,2-5H3;7,9H,1H2,2-5H3;1H4. The van der Waals surface area contributed by atoms with Crippen molar-refractivity contribution >= 4 is 5.78 Å². The minimum atomic E-state index is -0.736. The number of hydrogen-bond donors (Lipinski definition) is 3. The second kappa shape index (κ2) is 15.2. The molecule has 0 amide bonds. The molecule has 0 aromatic carbocycles. The smallest absolute Gasteiger partial charge is 0.157 e. The summed E-state index contributed by atoms with van der Waals surface area (Å²) in [6.45, 7) is 31.8. The fourth-order valence-corrected chi connectivity index (χ4v) is 2.25. The normalized spacial score (nSPS) is 13.9. The molecule has 188 valence electrons. The summed E-state index contributed by atoms with van der Waals surface area (Å²) in [6, 6.07) is 0. The molecule has 0 saturated carbocycles. The zero-order valence-corrected chi connectivity index (χ0v) is 21.9. The van der Waals surface area contributed by atoms with Crippen LogP contribution in [0.3, 0.4) is 0 Å². The maximum absolute atomic E-state index is 10.8. The predicted molar refractivity (Wildman–Crippen MR) is 140 cm³/mol. The Morgan fingerprint density at radius 3 is 1.31 bits per heavy atom. The molecule has 0 aliphatic heterocycles. The van der Waals surface area contributed by atoms with E-state index < -0.39 is 12.2 Å². The quantitative estimate of drug-likeness (QED) is 0.267. The van der Waals surface area contributed by atoms with Crippen LogP contribution in [0.25, 0.3) is 0 Å². The number of aliphatic hydroxyl groups excluding tert-OH is 3. The van der Waals surface area contributed by atoms with E-state index in [1.54, 1.807) is 0 Å². The van der Waals surface area contributed by atoms with Gasteiger partial charge in [0.15, 0.2) is 5.78 Å². The zero-order chi connectivity index (χ0) is 26.0. The molecule has 0 saturated heterocycles. The Morgan fingerprint density at radius 2 is 1.19 bits per heavy atom. The number of carbonyl (C=O) groups excluding carboxylic acids is 1. The van der Waals surface area contributed by atoms with Crippen molar-refractivity contribution in [2.75, 3.05) is 0 Å². The monoisotopic (exact) mass is 452 g/mol. The average Bonchev–Trinajstić information content (AvgIpc) is 2.56. The summed E-state index contributed by atoms with van der Waals surface area (Å²) >= 11 is 0. The van der Waals surface area contributed by atoms with Crippen molar-refractivity contribution in [1.29, 1.82) is 0 Å². The molecule has 0 aromatic rings. The number of hydrogen-bond acceptors (Lipinski definition) is 4. The number of terminal acetylenes is 1. The third kappa shape index (κ3) is 19.0. The first-order chi connectivity index (χ1) is 13.5. The van der Waals surface area contributed by atoms with Crippen LogP contribution in [0.15, 0.2) is 36.5 Å². The first-order valence-corrected chi connectivity index (χ1v) is 10.5. The molecular formula is C28H52O4. The lowest BCUT2D eigenvalue weighted by Crippen LogP contribution is -2.30. The van der Waals surface area contributed by atoms with Crippen LogP contribution < -0.4 is 0 Å². The minimum Gasteiger partial charge on any atom is -0.388 e. The summed E-state index contributed by atoms with van der Waals surface area (Å²) in [6.07, 6.45) is 4.08. The minimum absolute atomic E-state index is 0. The summed E-state index contributed by atoms with van der Waals surface area (Å²) in [5.41, 5.74) is 1.33. The second-order valence-corrected chi connectivity index (χ2v) is 11.4. The molecule has 0 bridgehead atoms. The molecule has 0 aromatic heterocycles. The highest BCUT2D eigenvalue weighted by Gasteiger charge is 2.26. The molecule has 32 heavy (non-hydrogen) atoms. The van der Waals surface area contributed by atoms with Gasteiger partial charge >= 0.3 is 0 Å². The number of carbonyl (C=O) groups is 1. The Balaban J connectivity index is -0.000000182. The van der Waals surface area contributed by atoms with Crippen molar-refractivity contribution in [2.24, 2.45) is 16.2 Å². The van der Waals surface area contributed by atoms with Gasteiger partial charge in [-0.05, 0) is 36.5 Å². The fraction of sp³-hybridized carbons (Fsp3) is 0.679. The zero-order valence-electron chi connectivity index (χ0n) is 21.9. The number of Topliss-reactive ketones (excluding diaryl/α,β-unsaturated/α-hetero) is 1. The Morgan fingerprint density at radius 1 is 0.844 bits per heavy atom. The summed E-state index contributed by atoms with van der Waals surface area (Å²) in [5, 5.41) is 28.3. The van der Waals surface area contributed by atoms with Gasteiger partial charge in [0.1, 0.15) is 0 Å². The van der Waals surface area contributed by atoms with E-state index in [1.807, 2.05) is 48.5 Å². The molecule has 3 N–H and O–H groups in total. The van der Waals surface area contributed by atoms with Crippen LogP contribution in [0, 0.1) is 28.6 Å². The van der Waals surface area contributed by atoms with E-state index in [0.29, 0.717) is 12.0 Å². The molecule has 0 aliphatic carbocycles. The summed E-state index contributed by atoms with van der Waals surface area (Å²) in [4.78, 5) is 10.8. The Kier molecular flexibility index (Phi) is 17.9. The van der Waals surface area contributed by atoms with Gasteiger partial charge in [0.05, 0.1) is 18.3 Å². The van der Waals surface area contributed by atoms with Crippen LogP contribution in [-0.2, 0) is 4.79 Å².